The Hall–Kier alpha value is -1.85. The van der Waals surface area contributed by atoms with Gasteiger partial charge in [-0.15, -0.1) is 0 Å². The molecule has 0 saturated carbocycles. The summed E-state index contributed by atoms with van der Waals surface area (Å²) in [5.41, 5.74) is 0.865. The second-order valence-electron chi connectivity index (χ2n) is 4.93. The zero-order valence-electron chi connectivity index (χ0n) is 11.4. The van der Waals surface area contributed by atoms with E-state index in [1.165, 1.54) is 24.5 Å². The van der Waals surface area contributed by atoms with Gasteiger partial charge in [-0.05, 0) is 13.0 Å². The first-order chi connectivity index (χ1) is 10.5. The molecule has 0 spiro atoms. The van der Waals surface area contributed by atoms with Crippen LogP contribution in [0.25, 0.3) is 0 Å². The topological polar surface area (TPSA) is 51.2 Å². The highest BCUT2D eigenvalue weighted by atomic mass is 35.5. The summed E-state index contributed by atoms with van der Waals surface area (Å²) >= 11 is 12.0. The van der Waals surface area contributed by atoms with Crippen molar-refractivity contribution in [2.75, 3.05) is 0 Å². The van der Waals surface area contributed by atoms with Crippen LogP contribution in [0.15, 0.2) is 30.6 Å². The molecule has 3 rings (SSSR count). The number of pyridine rings is 1. The van der Waals surface area contributed by atoms with Crippen LogP contribution >= 0.6 is 23.2 Å². The van der Waals surface area contributed by atoms with Crippen molar-refractivity contribution in [1.82, 2.24) is 10.3 Å². The molecule has 1 amide bonds. The fourth-order valence-electron chi connectivity index (χ4n) is 2.43. The molecule has 1 aliphatic rings. The fourth-order valence-corrected chi connectivity index (χ4v) is 2.96. The summed E-state index contributed by atoms with van der Waals surface area (Å²) in [5.74, 6) is -0.405. The molecule has 4 nitrogen and oxygen atoms in total. The highest BCUT2D eigenvalue weighted by Crippen LogP contribution is 2.37. The molecule has 1 aromatic heterocycles. The molecular weight excluding hydrogens is 330 g/mol. The molecule has 22 heavy (non-hydrogen) atoms. The van der Waals surface area contributed by atoms with Gasteiger partial charge in [0.2, 0.25) is 0 Å². The van der Waals surface area contributed by atoms with Gasteiger partial charge >= 0.3 is 0 Å². The van der Waals surface area contributed by atoms with E-state index in [9.17, 15) is 9.18 Å². The summed E-state index contributed by atoms with van der Waals surface area (Å²) in [7, 11) is 0. The third-order valence-corrected chi connectivity index (χ3v) is 4.03. The number of rotatable bonds is 2. The molecule has 0 aliphatic carbocycles. The van der Waals surface area contributed by atoms with Gasteiger partial charge in [0.1, 0.15) is 17.7 Å². The zero-order chi connectivity index (χ0) is 15.9. The lowest BCUT2D eigenvalue weighted by Crippen LogP contribution is -2.34. The lowest BCUT2D eigenvalue weighted by Gasteiger charge is -2.17. The number of amides is 1. The van der Waals surface area contributed by atoms with Crippen LogP contribution in [0.4, 0.5) is 4.39 Å². The first kappa shape index (κ1) is 15.1. The number of fused-ring (bicyclic) bond motifs is 1. The van der Waals surface area contributed by atoms with E-state index in [1.807, 2.05) is 0 Å². The molecule has 1 aliphatic heterocycles. The normalized spacial score (nSPS) is 19.5. The van der Waals surface area contributed by atoms with Gasteiger partial charge in [-0.1, -0.05) is 29.3 Å². The standard InChI is InChI=1S/C15H11Cl2FN2O2/c1-7-14(9-3-2-8(18)4-12(9)22-7)20-15(21)13-10(16)5-19-6-11(13)17/h2-7,14H,1H3,(H,20,21)/t7-,14+/m1/s1. The van der Waals surface area contributed by atoms with E-state index in [2.05, 4.69) is 10.3 Å². The van der Waals surface area contributed by atoms with Gasteiger partial charge in [0.05, 0.1) is 21.7 Å². The maximum atomic E-state index is 13.2. The maximum Gasteiger partial charge on any atom is 0.255 e. The van der Waals surface area contributed by atoms with Crippen LogP contribution in [0.5, 0.6) is 5.75 Å². The third-order valence-electron chi connectivity index (χ3n) is 3.46. The van der Waals surface area contributed by atoms with E-state index in [0.717, 1.165) is 0 Å². The van der Waals surface area contributed by atoms with E-state index in [4.69, 9.17) is 27.9 Å². The van der Waals surface area contributed by atoms with Crippen molar-refractivity contribution in [3.63, 3.8) is 0 Å². The SMILES string of the molecule is C[C@H]1Oc2cc(F)ccc2[C@H]1NC(=O)c1c(Cl)cncc1Cl. The number of halogens is 3. The van der Waals surface area contributed by atoms with Crippen molar-refractivity contribution in [1.29, 1.82) is 0 Å². The number of carbonyl (C=O) groups excluding carboxylic acids is 1. The monoisotopic (exact) mass is 340 g/mol. The summed E-state index contributed by atoms with van der Waals surface area (Å²) in [6.45, 7) is 1.79. The van der Waals surface area contributed by atoms with E-state index >= 15 is 0 Å². The number of hydrogen-bond donors (Lipinski definition) is 1. The Balaban J connectivity index is 1.89. The fraction of sp³-hybridized carbons (Fsp3) is 0.200. The quantitative estimate of drug-likeness (QED) is 0.904. The van der Waals surface area contributed by atoms with Crippen molar-refractivity contribution >= 4 is 29.1 Å². The average molecular weight is 341 g/mol. The predicted molar refractivity (Wildman–Crippen MR) is 81.0 cm³/mol. The maximum absolute atomic E-state index is 13.2. The van der Waals surface area contributed by atoms with Crippen molar-refractivity contribution in [3.8, 4) is 5.75 Å². The first-order valence-corrected chi connectivity index (χ1v) is 7.29. The Labute approximate surface area is 136 Å². The second-order valence-corrected chi connectivity index (χ2v) is 5.75. The highest BCUT2D eigenvalue weighted by Gasteiger charge is 2.33. The Kier molecular flexibility index (Phi) is 3.93. The molecular formula is C15H11Cl2FN2O2. The van der Waals surface area contributed by atoms with Crippen LogP contribution in [-0.2, 0) is 0 Å². The van der Waals surface area contributed by atoms with Gasteiger partial charge in [0.15, 0.2) is 0 Å². The summed E-state index contributed by atoms with van der Waals surface area (Å²) in [6.07, 6.45) is 2.36. The minimum absolute atomic E-state index is 0.154. The molecule has 0 radical (unpaired) electrons. The average Bonchev–Trinajstić information content (AvgIpc) is 2.74. The van der Waals surface area contributed by atoms with E-state index in [-0.39, 0.29) is 21.7 Å². The molecule has 1 N–H and O–H groups in total. The summed E-state index contributed by atoms with van der Waals surface area (Å²) < 4.78 is 18.8. The predicted octanol–water partition coefficient (Wildman–Crippen LogP) is 3.78. The van der Waals surface area contributed by atoms with Gasteiger partial charge in [-0.2, -0.15) is 0 Å². The number of carbonyl (C=O) groups is 1. The molecule has 0 fully saturated rings. The number of ether oxygens (including phenoxy) is 1. The number of aromatic nitrogens is 1. The smallest absolute Gasteiger partial charge is 0.255 e. The summed E-state index contributed by atoms with van der Waals surface area (Å²) in [5, 5.41) is 3.14. The second kappa shape index (κ2) is 5.74. The van der Waals surface area contributed by atoms with E-state index < -0.39 is 17.8 Å². The minimum atomic E-state index is -0.435. The molecule has 0 saturated heterocycles. The van der Waals surface area contributed by atoms with Gasteiger partial charge in [0, 0.05) is 24.0 Å². The van der Waals surface area contributed by atoms with Crippen LogP contribution < -0.4 is 10.1 Å². The molecule has 114 valence electrons. The molecule has 2 heterocycles. The van der Waals surface area contributed by atoms with E-state index in [1.54, 1.807) is 13.0 Å². The van der Waals surface area contributed by atoms with Crippen LogP contribution in [0.1, 0.15) is 28.9 Å². The van der Waals surface area contributed by atoms with Crippen molar-refractivity contribution in [3.05, 3.63) is 57.6 Å². The minimum Gasteiger partial charge on any atom is -0.488 e. The van der Waals surface area contributed by atoms with Crippen molar-refractivity contribution in [2.24, 2.45) is 0 Å². The Morgan fingerprint density at radius 2 is 2.00 bits per heavy atom. The van der Waals surface area contributed by atoms with Crippen LogP contribution in [-0.4, -0.2) is 17.0 Å². The molecule has 0 bridgehead atoms. The van der Waals surface area contributed by atoms with Crippen molar-refractivity contribution < 1.29 is 13.9 Å². The Morgan fingerprint density at radius 1 is 1.32 bits per heavy atom. The Morgan fingerprint density at radius 3 is 2.68 bits per heavy atom. The van der Waals surface area contributed by atoms with Crippen LogP contribution in [0.3, 0.4) is 0 Å². The molecule has 1 aromatic carbocycles. The lowest BCUT2D eigenvalue weighted by atomic mass is 10.0. The molecule has 0 unspecified atom stereocenters. The van der Waals surface area contributed by atoms with Gasteiger partial charge in [0.25, 0.3) is 5.91 Å². The molecule has 2 atom stereocenters. The molecule has 7 heteroatoms. The lowest BCUT2D eigenvalue weighted by molar-refractivity contribution is 0.0908. The van der Waals surface area contributed by atoms with E-state index in [0.29, 0.717) is 11.3 Å². The summed E-state index contributed by atoms with van der Waals surface area (Å²) in [6, 6.07) is 3.80. The third kappa shape index (κ3) is 2.62. The number of nitrogens with one attached hydrogen (secondary N) is 1. The summed E-state index contributed by atoms with van der Waals surface area (Å²) in [4.78, 5) is 16.2. The van der Waals surface area contributed by atoms with Crippen LogP contribution in [0, 0.1) is 5.82 Å². The van der Waals surface area contributed by atoms with Crippen molar-refractivity contribution in [2.45, 2.75) is 19.1 Å². The van der Waals surface area contributed by atoms with Gasteiger partial charge in [-0.3, -0.25) is 9.78 Å². The van der Waals surface area contributed by atoms with Gasteiger partial charge < -0.3 is 10.1 Å². The Bertz CT molecular complexity index is 734. The molecule has 2 aromatic rings. The highest BCUT2D eigenvalue weighted by molar-refractivity contribution is 6.39. The van der Waals surface area contributed by atoms with Gasteiger partial charge in [-0.25, -0.2) is 4.39 Å². The van der Waals surface area contributed by atoms with Crippen LogP contribution in [0.2, 0.25) is 10.0 Å². The zero-order valence-corrected chi connectivity index (χ0v) is 13.0. The number of benzene rings is 1. The number of hydrogen-bond acceptors (Lipinski definition) is 3. The number of nitrogens with zero attached hydrogens (tertiary/aromatic N) is 1. The first-order valence-electron chi connectivity index (χ1n) is 6.53. The largest absolute Gasteiger partial charge is 0.488 e.